The Hall–Kier alpha value is -2.89. The van der Waals surface area contributed by atoms with Crippen molar-refractivity contribution >= 4 is 15.9 Å². The largest absolute Gasteiger partial charge is 0.496 e. The first kappa shape index (κ1) is 19.4. The molecule has 0 fully saturated rings. The normalized spacial score (nSPS) is 12.0. The molecule has 0 bridgehead atoms. The number of nitrogens with one attached hydrogen (secondary N) is 2. The number of nitriles is 1. The average molecular weight is 373 g/mol. The Bertz CT molecular complexity index is 918. The van der Waals surface area contributed by atoms with E-state index in [9.17, 15) is 13.2 Å². The van der Waals surface area contributed by atoms with Crippen LogP contribution in [0, 0.1) is 11.3 Å². The number of ether oxygens (including phenoxy) is 1. The molecule has 0 aliphatic carbocycles. The number of hydrogen-bond donors (Lipinski definition) is 2. The monoisotopic (exact) mass is 373 g/mol. The van der Waals surface area contributed by atoms with Crippen LogP contribution in [-0.4, -0.2) is 28.0 Å². The molecule has 2 aromatic rings. The summed E-state index contributed by atoms with van der Waals surface area (Å²) in [5, 5.41) is 11.5. The predicted molar refractivity (Wildman–Crippen MR) is 95.9 cm³/mol. The number of benzene rings is 2. The predicted octanol–water partition coefficient (Wildman–Crippen LogP) is 1.72. The third-order valence-electron chi connectivity index (χ3n) is 3.70. The highest BCUT2D eigenvalue weighted by Gasteiger charge is 2.18. The number of amides is 1. The van der Waals surface area contributed by atoms with Crippen LogP contribution in [0.1, 0.15) is 24.1 Å². The van der Waals surface area contributed by atoms with E-state index < -0.39 is 22.5 Å². The van der Waals surface area contributed by atoms with Crippen LogP contribution in [0.3, 0.4) is 0 Å². The number of hydrogen-bond acceptors (Lipinski definition) is 5. The van der Waals surface area contributed by atoms with Gasteiger partial charge in [-0.25, -0.2) is 13.1 Å². The maximum Gasteiger partial charge on any atom is 0.241 e. The van der Waals surface area contributed by atoms with E-state index in [0.717, 1.165) is 5.56 Å². The SMILES string of the molecule is COc1ccccc1[C@@H](C)NC(=O)CNS(=O)(=O)c1ccc(C#N)cc1. The summed E-state index contributed by atoms with van der Waals surface area (Å²) >= 11 is 0. The van der Waals surface area contributed by atoms with Crippen LogP contribution in [0.5, 0.6) is 5.75 Å². The first-order chi connectivity index (χ1) is 12.4. The van der Waals surface area contributed by atoms with Crippen molar-refractivity contribution in [3.05, 3.63) is 59.7 Å². The summed E-state index contributed by atoms with van der Waals surface area (Å²) in [7, 11) is -2.30. The lowest BCUT2D eigenvalue weighted by Crippen LogP contribution is -2.38. The minimum atomic E-state index is -3.84. The summed E-state index contributed by atoms with van der Waals surface area (Å²) < 4.78 is 31.9. The van der Waals surface area contributed by atoms with Crippen LogP contribution >= 0.6 is 0 Å². The van der Waals surface area contributed by atoms with Crippen molar-refractivity contribution in [2.45, 2.75) is 17.9 Å². The molecule has 0 saturated heterocycles. The summed E-state index contributed by atoms with van der Waals surface area (Å²) in [6, 6.07) is 14.3. The van der Waals surface area contributed by atoms with Gasteiger partial charge in [-0.15, -0.1) is 0 Å². The zero-order valence-corrected chi connectivity index (χ0v) is 15.2. The Morgan fingerprint density at radius 2 is 1.85 bits per heavy atom. The summed E-state index contributed by atoms with van der Waals surface area (Å²) in [6.45, 7) is 1.38. The Morgan fingerprint density at radius 3 is 2.46 bits per heavy atom. The van der Waals surface area contributed by atoms with Crippen molar-refractivity contribution in [1.29, 1.82) is 5.26 Å². The first-order valence-electron chi connectivity index (χ1n) is 7.79. The molecule has 1 atom stereocenters. The second-order valence-electron chi connectivity index (χ2n) is 5.49. The van der Waals surface area contributed by atoms with Crippen molar-refractivity contribution in [1.82, 2.24) is 10.0 Å². The molecule has 0 unspecified atom stereocenters. The zero-order chi connectivity index (χ0) is 19.2. The molecular weight excluding hydrogens is 354 g/mol. The Kier molecular flexibility index (Phi) is 6.33. The lowest BCUT2D eigenvalue weighted by Gasteiger charge is -2.17. The lowest BCUT2D eigenvalue weighted by atomic mass is 10.1. The van der Waals surface area contributed by atoms with E-state index in [2.05, 4.69) is 10.0 Å². The second kappa shape index (κ2) is 8.47. The van der Waals surface area contributed by atoms with E-state index in [1.165, 1.54) is 24.3 Å². The van der Waals surface area contributed by atoms with Crippen LogP contribution in [0.25, 0.3) is 0 Å². The molecule has 2 rings (SSSR count). The number of rotatable bonds is 7. The molecule has 0 aliphatic rings. The van der Waals surface area contributed by atoms with Crippen LogP contribution in [0.4, 0.5) is 0 Å². The molecule has 136 valence electrons. The molecule has 0 aliphatic heterocycles. The fourth-order valence-corrected chi connectivity index (χ4v) is 3.33. The van der Waals surface area contributed by atoms with Gasteiger partial charge in [0, 0.05) is 5.56 Å². The van der Waals surface area contributed by atoms with Crippen LogP contribution in [-0.2, 0) is 14.8 Å². The van der Waals surface area contributed by atoms with E-state index >= 15 is 0 Å². The maximum absolute atomic E-state index is 12.2. The molecule has 1 amide bonds. The van der Waals surface area contributed by atoms with Crippen molar-refractivity contribution in [3.8, 4) is 11.8 Å². The van der Waals surface area contributed by atoms with Gasteiger partial charge < -0.3 is 10.1 Å². The van der Waals surface area contributed by atoms with Crippen LogP contribution in [0.15, 0.2) is 53.4 Å². The summed E-state index contributed by atoms with van der Waals surface area (Å²) in [5.74, 6) is 0.166. The van der Waals surface area contributed by atoms with E-state index in [-0.39, 0.29) is 10.9 Å². The number of carbonyl (C=O) groups is 1. The molecule has 0 aromatic heterocycles. The molecule has 0 saturated carbocycles. The van der Waals surface area contributed by atoms with E-state index in [1.807, 2.05) is 24.3 Å². The zero-order valence-electron chi connectivity index (χ0n) is 14.4. The van der Waals surface area contributed by atoms with Gasteiger partial charge >= 0.3 is 0 Å². The number of para-hydroxylation sites is 1. The van der Waals surface area contributed by atoms with Gasteiger partial charge in [0.1, 0.15) is 5.75 Å². The number of sulfonamides is 1. The van der Waals surface area contributed by atoms with Gasteiger partial charge in [0.05, 0.1) is 36.2 Å². The fraction of sp³-hybridized carbons (Fsp3) is 0.222. The third-order valence-corrected chi connectivity index (χ3v) is 5.12. The molecule has 26 heavy (non-hydrogen) atoms. The van der Waals surface area contributed by atoms with Gasteiger partial charge in [0.2, 0.25) is 15.9 Å². The molecule has 0 radical (unpaired) electrons. The van der Waals surface area contributed by atoms with Crippen molar-refractivity contribution in [3.63, 3.8) is 0 Å². The van der Waals surface area contributed by atoms with E-state index in [0.29, 0.717) is 11.3 Å². The Balaban J connectivity index is 1.98. The van der Waals surface area contributed by atoms with E-state index in [1.54, 1.807) is 20.1 Å². The average Bonchev–Trinajstić information content (AvgIpc) is 2.66. The molecule has 0 heterocycles. The standard InChI is InChI=1S/C18H19N3O4S/c1-13(16-5-3-4-6-17(16)25-2)21-18(22)12-20-26(23,24)15-9-7-14(11-19)8-10-15/h3-10,13,20H,12H2,1-2H3,(H,21,22)/t13-/m1/s1. The molecule has 7 nitrogen and oxygen atoms in total. The summed E-state index contributed by atoms with van der Waals surface area (Å²) in [4.78, 5) is 12.1. The van der Waals surface area contributed by atoms with Crippen molar-refractivity contribution in [2.75, 3.05) is 13.7 Å². The Morgan fingerprint density at radius 1 is 1.19 bits per heavy atom. The molecule has 2 aromatic carbocycles. The topological polar surface area (TPSA) is 108 Å². The number of nitrogens with zero attached hydrogens (tertiary/aromatic N) is 1. The quantitative estimate of drug-likeness (QED) is 0.768. The summed E-state index contributed by atoms with van der Waals surface area (Å²) in [5.41, 5.74) is 1.14. The first-order valence-corrected chi connectivity index (χ1v) is 9.28. The van der Waals surface area contributed by atoms with Gasteiger partial charge in [-0.1, -0.05) is 18.2 Å². The van der Waals surface area contributed by atoms with Crippen LogP contribution < -0.4 is 14.8 Å². The minimum absolute atomic E-state index is 0.0120. The molecule has 8 heteroatoms. The lowest BCUT2D eigenvalue weighted by molar-refractivity contribution is -0.120. The van der Waals surface area contributed by atoms with Gasteiger partial charge in [0.15, 0.2) is 0 Å². The molecule has 2 N–H and O–H groups in total. The van der Waals surface area contributed by atoms with Gasteiger partial charge in [0.25, 0.3) is 0 Å². The highest BCUT2D eigenvalue weighted by atomic mass is 32.2. The van der Waals surface area contributed by atoms with Gasteiger partial charge in [-0.05, 0) is 37.3 Å². The smallest absolute Gasteiger partial charge is 0.241 e. The molecule has 0 spiro atoms. The second-order valence-corrected chi connectivity index (χ2v) is 7.26. The van der Waals surface area contributed by atoms with Gasteiger partial charge in [-0.3, -0.25) is 4.79 Å². The number of carbonyl (C=O) groups excluding carboxylic acids is 1. The fourth-order valence-electron chi connectivity index (χ4n) is 2.35. The maximum atomic E-state index is 12.2. The highest BCUT2D eigenvalue weighted by Crippen LogP contribution is 2.24. The third kappa shape index (κ3) is 4.81. The molecular formula is C18H19N3O4S. The van der Waals surface area contributed by atoms with Crippen LogP contribution in [0.2, 0.25) is 0 Å². The van der Waals surface area contributed by atoms with Crippen molar-refractivity contribution < 1.29 is 17.9 Å². The van der Waals surface area contributed by atoms with Crippen molar-refractivity contribution in [2.24, 2.45) is 0 Å². The number of methoxy groups -OCH3 is 1. The van der Waals surface area contributed by atoms with Gasteiger partial charge in [-0.2, -0.15) is 5.26 Å². The Labute approximate surface area is 152 Å². The summed E-state index contributed by atoms with van der Waals surface area (Å²) in [6.07, 6.45) is 0. The van der Waals surface area contributed by atoms with E-state index in [4.69, 9.17) is 10.00 Å². The minimum Gasteiger partial charge on any atom is -0.496 e. The highest BCUT2D eigenvalue weighted by molar-refractivity contribution is 7.89.